The maximum absolute atomic E-state index is 11.9. The predicted octanol–water partition coefficient (Wildman–Crippen LogP) is 2.59. The minimum atomic E-state index is -0.288. The van der Waals surface area contributed by atoms with Crippen LogP contribution >= 0.6 is 0 Å². The number of fused-ring (bicyclic) bond motifs is 1. The summed E-state index contributed by atoms with van der Waals surface area (Å²) < 4.78 is 0. The highest BCUT2D eigenvalue weighted by Gasteiger charge is 2.28. The van der Waals surface area contributed by atoms with E-state index in [1.54, 1.807) is 13.0 Å². The van der Waals surface area contributed by atoms with Crippen molar-refractivity contribution in [2.75, 3.05) is 0 Å². The highest BCUT2D eigenvalue weighted by Crippen LogP contribution is 2.34. The monoisotopic (exact) mass is 230 g/mol. The lowest BCUT2D eigenvalue weighted by Crippen LogP contribution is -2.17. The van der Waals surface area contributed by atoms with Crippen molar-refractivity contribution in [2.24, 2.45) is 0 Å². The number of allylic oxidation sites excluding steroid dienone is 2. The molecule has 1 N–H and O–H groups in total. The van der Waals surface area contributed by atoms with Gasteiger partial charge in [0.15, 0.2) is 11.6 Å². The number of carbonyl (C=O) groups is 2. The fourth-order valence-electron chi connectivity index (χ4n) is 2.26. The average Bonchev–Trinajstić information content (AvgIpc) is 2.25. The summed E-state index contributed by atoms with van der Waals surface area (Å²) >= 11 is 0. The molecule has 0 spiro atoms. The summed E-state index contributed by atoms with van der Waals surface area (Å²) in [5.74, 6) is -0.505. The van der Waals surface area contributed by atoms with Crippen LogP contribution in [0.3, 0.4) is 0 Å². The number of ketones is 2. The summed E-state index contributed by atoms with van der Waals surface area (Å²) in [6.07, 6.45) is 1.92. The molecule has 1 aromatic carbocycles. The largest absolute Gasteiger partial charge is 0.507 e. The maximum atomic E-state index is 11.9. The van der Waals surface area contributed by atoms with E-state index in [0.29, 0.717) is 17.6 Å². The molecule has 0 unspecified atom stereocenters. The predicted molar refractivity (Wildman–Crippen MR) is 64.6 cm³/mol. The van der Waals surface area contributed by atoms with Crippen LogP contribution in [0.15, 0.2) is 17.7 Å². The van der Waals surface area contributed by atoms with Crippen LogP contribution in [0.25, 0.3) is 0 Å². The molecule has 0 atom stereocenters. The Bertz CT molecular complexity index is 565. The summed E-state index contributed by atoms with van der Waals surface area (Å²) in [7, 11) is 0. The molecule has 3 heteroatoms. The zero-order valence-corrected chi connectivity index (χ0v) is 10.1. The van der Waals surface area contributed by atoms with Crippen LogP contribution in [0.2, 0.25) is 0 Å². The fourth-order valence-corrected chi connectivity index (χ4v) is 2.26. The van der Waals surface area contributed by atoms with Crippen LogP contribution in [-0.2, 0) is 6.42 Å². The van der Waals surface area contributed by atoms with E-state index in [0.717, 1.165) is 11.1 Å². The van der Waals surface area contributed by atoms with Crippen LogP contribution < -0.4 is 0 Å². The first kappa shape index (κ1) is 11.6. The van der Waals surface area contributed by atoms with Crippen molar-refractivity contribution < 1.29 is 14.7 Å². The molecular weight excluding hydrogens is 216 g/mol. The summed E-state index contributed by atoms with van der Waals surface area (Å²) in [6, 6.07) is 1.70. The van der Waals surface area contributed by atoms with E-state index in [2.05, 4.69) is 0 Å². The number of carbonyl (C=O) groups excluding carboxylic acids is 2. The zero-order valence-electron chi connectivity index (χ0n) is 10.1. The molecule has 0 amide bonds. The van der Waals surface area contributed by atoms with Crippen LogP contribution in [0, 0.1) is 6.92 Å². The van der Waals surface area contributed by atoms with Gasteiger partial charge in [-0.2, -0.15) is 0 Å². The molecule has 0 fully saturated rings. The number of aryl methyl sites for hydroxylation is 1. The van der Waals surface area contributed by atoms with Gasteiger partial charge < -0.3 is 5.11 Å². The van der Waals surface area contributed by atoms with Gasteiger partial charge in [0.25, 0.3) is 0 Å². The molecule has 0 radical (unpaired) electrons. The molecule has 88 valence electrons. The molecule has 0 heterocycles. The quantitative estimate of drug-likeness (QED) is 0.806. The lowest BCUT2D eigenvalue weighted by atomic mass is 9.85. The van der Waals surface area contributed by atoms with Crippen molar-refractivity contribution in [3.8, 4) is 5.75 Å². The third-order valence-electron chi connectivity index (χ3n) is 3.18. The first-order valence-corrected chi connectivity index (χ1v) is 5.60. The van der Waals surface area contributed by atoms with E-state index in [4.69, 9.17) is 0 Å². The Morgan fingerprint density at radius 1 is 1.24 bits per heavy atom. The zero-order chi connectivity index (χ0) is 12.7. The highest BCUT2D eigenvalue weighted by atomic mass is 16.3. The van der Waals surface area contributed by atoms with Crippen molar-refractivity contribution >= 4 is 11.6 Å². The van der Waals surface area contributed by atoms with E-state index in [9.17, 15) is 14.7 Å². The number of benzene rings is 1. The molecule has 0 aliphatic heterocycles. The number of Topliss-reactive ketones (excluding diaryl/α,β-unsaturated/α-hetero) is 1. The first-order valence-electron chi connectivity index (χ1n) is 5.60. The van der Waals surface area contributed by atoms with Crippen molar-refractivity contribution in [1.82, 2.24) is 0 Å². The second-order valence-electron chi connectivity index (χ2n) is 4.32. The Balaban J connectivity index is 2.80. The highest BCUT2D eigenvalue weighted by molar-refractivity contribution is 6.25. The Hall–Kier alpha value is -1.90. The molecular formula is C14H14O3. The Morgan fingerprint density at radius 3 is 2.47 bits per heavy atom. The molecule has 1 aliphatic carbocycles. The second kappa shape index (κ2) is 3.84. The van der Waals surface area contributed by atoms with E-state index in [1.807, 2.05) is 13.8 Å². The lowest BCUT2D eigenvalue weighted by molar-refractivity contribution is 0.0982. The van der Waals surface area contributed by atoms with Crippen LogP contribution in [0.4, 0.5) is 0 Å². The summed E-state index contributed by atoms with van der Waals surface area (Å²) in [4.78, 5) is 23.8. The summed E-state index contributed by atoms with van der Waals surface area (Å²) in [5, 5.41) is 10.1. The van der Waals surface area contributed by atoms with Gasteiger partial charge in [0.1, 0.15) is 5.75 Å². The van der Waals surface area contributed by atoms with Crippen LogP contribution in [0.5, 0.6) is 5.75 Å². The summed E-state index contributed by atoms with van der Waals surface area (Å²) in [6.45, 7) is 5.36. The topological polar surface area (TPSA) is 54.4 Å². The minimum Gasteiger partial charge on any atom is -0.507 e. The van der Waals surface area contributed by atoms with Gasteiger partial charge in [0.2, 0.25) is 0 Å². The Labute approximate surface area is 99.8 Å². The number of rotatable bonds is 1. The third-order valence-corrected chi connectivity index (χ3v) is 3.18. The van der Waals surface area contributed by atoms with Crippen LogP contribution in [0.1, 0.15) is 45.7 Å². The van der Waals surface area contributed by atoms with Gasteiger partial charge >= 0.3 is 0 Å². The van der Waals surface area contributed by atoms with E-state index in [1.165, 1.54) is 6.08 Å². The molecule has 3 nitrogen and oxygen atoms in total. The lowest BCUT2D eigenvalue weighted by Gasteiger charge is -2.17. The Morgan fingerprint density at radius 2 is 1.88 bits per heavy atom. The molecule has 0 aromatic heterocycles. The van der Waals surface area contributed by atoms with E-state index >= 15 is 0 Å². The maximum Gasteiger partial charge on any atom is 0.190 e. The fraction of sp³-hybridized carbons (Fsp3) is 0.286. The van der Waals surface area contributed by atoms with Gasteiger partial charge in [-0.3, -0.25) is 9.59 Å². The number of phenolic OH excluding ortho intramolecular Hbond substituents is 1. The average molecular weight is 230 g/mol. The minimum absolute atomic E-state index is 0.0374. The van der Waals surface area contributed by atoms with Gasteiger partial charge in [-0.25, -0.2) is 0 Å². The normalized spacial score (nSPS) is 14.6. The second-order valence-corrected chi connectivity index (χ2v) is 4.32. The van der Waals surface area contributed by atoms with Crippen molar-refractivity contribution in [3.63, 3.8) is 0 Å². The molecule has 1 aromatic rings. The first-order chi connectivity index (χ1) is 7.97. The number of phenols is 1. The van der Waals surface area contributed by atoms with Crippen molar-refractivity contribution in [3.05, 3.63) is 40.0 Å². The van der Waals surface area contributed by atoms with E-state index in [-0.39, 0.29) is 22.9 Å². The number of hydrogen-bond acceptors (Lipinski definition) is 3. The molecule has 1 aliphatic rings. The van der Waals surface area contributed by atoms with Crippen molar-refractivity contribution in [2.45, 2.75) is 27.2 Å². The van der Waals surface area contributed by atoms with Crippen LogP contribution in [-0.4, -0.2) is 16.7 Å². The van der Waals surface area contributed by atoms with Gasteiger partial charge in [-0.05, 0) is 43.5 Å². The SMILES string of the molecule is CCc1c(C)cc2c(c1O)C(=O)C=C(C)C2=O. The molecule has 0 saturated heterocycles. The summed E-state index contributed by atoms with van der Waals surface area (Å²) in [5.41, 5.74) is 2.48. The van der Waals surface area contributed by atoms with Gasteiger partial charge in [-0.15, -0.1) is 0 Å². The molecule has 0 saturated carbocycles. The Kier molecular flexibility index (Phi) is 2.62. The van der Waals surface area contributed by atoms with Gasteiger partial charge in [-0.1, -0.05) is 6.92 Å². The number of aromatic hydroxyl groups is 1. The molecule has 2 rings (SSSR count). The van der Waals surface area contributed by atoms with Crippen molar-refractivity contribution in [1.29, 1.82) is 0 Å². The van der Waals surface area contributed by atoms with Gasteiger partial charge in [0, 0.05) is 11.1 Å². The van der Waals surface area contributed by atoms with E-state index < -0.39 is 0 Å². The van der Waals surface area contributed by atoms with Gasteiger partial charge in [0.05, 0.1) is 5.56 Å². The number of hydrogen-bond donors (Lipinski definition) is 1. The smallest absolute Gasteiger partial charge is 0.190 e. The third kappa shape index (κ3) is 1.58. The standard InChI is InChI=1S/C14H14O3/c1-4-9-7(2)5-10-12(14(9)17)11(15)6-8(3)13(10)16/h5-6,17H,4H2,1-3H3. The molecule has 17 heavy (non-hydrogen) atoms. The molecule has 0 bridgehead atoms.